The Morgan fingerprint density at radius 2 is 1.83 bits per heavy atom. The minimum absolute atomic E-state index is 0.626. The number of pyridine rings is 1. The van der Waals surface area contributed by atoms with Gasteiger partial charge in [0.05, 0.1) is 19.2 Å². The first-order valence-corrected chi connectivity index (χ1v) is 9.79. The number of nitrogens with one attached hydrogen (secondary N) is 2. The van der Waals surface area contributed by atoms with Gasteiger partial charge in [-0.05, 0) is 30.3 Å². The van der Waals surface area contributed by atoms with E-state index in [-0.39, 0.29) is 0 Å². The predicted octanol–water partition coefficient (Wildman–Crippen LogP) is 5.90. The van der Waals surface area contributed by atoms with Crippen LogP contribution in [0.5, 0.6) is 11.5 Å². The Hall–Kier alpha value is -3.64. The minimum atomic E-state index is 0.626. The number of ether oxygens (including phenoxy) is 2. The molecule has 6 nitrogen and oxygen atoms in total. The average Bonchev–Trinajstić information content (AvgIpc) is 3.35. The van der Waals surface area contributed by atoms with Gasteiger partial charge in [0.25, 0.3) is 0 Å². The van der Waals surface area contributed by atoms with E-state index in [1.54, 1.807) is 14.2 Å². The number of fused-ring (bicyclic) bond motifs is 2. The molecule has 0 spiro atoms. The van der Waals surface area contributed by atoms with E-state index in [4.69, 9.17) is 26.1 Å². The number of hydrogen-bond donors (Lipinski definition) is 2. The highest BCUT2D eigenvalue weighted by Gasteiger charge is 2.18. The zero-order valence-electron chi connectivity index (χ0n) is 16.4. The number of benzene rings is 2. The number of halogens is 1. The van der Waals surface area contributed by atoms with Gasteiger partial charge in [0.15, 0.2) is 11.5 Å². The number of aromatic amines is 1. The van der Waals surface area contributed by atoms with Gasteiger partial charge in [-0.2, -0.15) is 0 Å². The minimum Gasteiger partial charge on any atom is -0.493 e. The van der Waals surface area contributed by atoms with Gasteiger partial charge in [-0.3, -0.25) is 4.40 Å². The van der Waals surface area contributed by atoms with Gasteiger partial charge < -0.3 is 19.8 Å². The van der Waals surface area contributed by atoms with Crippen LogP contribution in [-0.4, -0.2) is 28.6 Å². The number of aromatic nitrogens is 3. The van der Waals surface area contributed by atoms with Crippen LogP contribution in [0.15, 0.2) is 67.0 Å². The number of anilines is 2. The van der Waals surface area contributed by atoms with E-state index in [1.165, 1.54) is 0 Å². The standard InChI is InChI=1S/C23H19ClN4O2/c1-29-19-9-8-15(11-20(19)30-2)26-23-22(27-21-10-7-14(24)13-28(21)23)17-12-25-18-6-4-3-5-16(17)18/h3-13,25-26H,1-2H3. The lowest BCUT2D eigenvalue weighted by molar-refractivity contribution is 0.355. The Bertz CT molecular complexity index is 1370. The lowest BCUT2D eigenvalue weighted by Crippen LogP contribution is -1.98. The number of hydrogen-bond acceptors (Lipinski definition) is 4. The molecule has 7 heteroatoms. The number of H-pyrrole nitrogens is 1. The summed E-state index contributed by atoms with van der Waals surface area (Å²) in [6, 6.07) is 17.6. The van der Waals surface area contributed by atoms with Gasteiger partial charge in [-0.1, -0.05) is 29.8 Å². The van der Waals surface area contributed by atoms with Crippen molar-refractivity contribution in [2.75, 3.05) is 19.5 Å². The van der Waals surface area contributed by atoms with Crippen LogP contribution in [0, 0.1) is 0 Å². The fourth-order valence-electron chi connectivity index (χ4n) is 3.64. The first-order chi connectivity index (χ1) is 14.7. The molecule has 150 valence electrons. The highest BCUT2D eigenvalue weighted by molar-refractivity contribution is 6.30. The molecular formula is C23H19ClN4O2. The molecule has 3 aromatic heterocycles. The van der Waals surface area contributed by atoms with Crippen molar-refractivity contribution >= 4 is 39.7 Å². The third-order valence-electron chi connectivity index (χ3n) is 5.07. The summed E-state index contributed by atoms with van der Waals surface area (Å²) in [4.78, 5) is 8.21. The lowest BCUT2D eigenvalue weighted by Gasteiger charge is -2.12. The summed E-state index contributed by atoms with van der Waals surface area (Å²) in [5, 5.41) is 5.22. The van der Waals surface area contributed by atoms with E-state index in [9.17, 15) is 0 Å². The zero-order chi connectivity index (χ0) is 20.7. The average molecular weight is 419 g/mol. The van der Waals surface area contributed by atoms with Crippen molar-refractivity contribution in [3.8, 4) is 22.8 Å². The second-order valence-corrected chi connectivity index (χ2v) is 7.26. The molecule has 30 heavy (non-hydrogen) atoms. The summed E-state index contributed by atoms with van der Waals surface area (Å²) in [5.41, 5.74) is 4.52. The molecule has 0 fully saturated rings. The molecule has 2 aromatic carbocycles. The normalized spacial score (nSPS) is 11.2. The third kappa shape index (κ3) is 3.02. The van der Waals surface area contributed by atoms with Crippen LogP contribution in [0.2, 0.25) is 5.02 Å². The van der Waals surface area contributed by atoms with Crippen molar-refractivity contribution in [1.82, 2.24) is 14.4 Å². The summed E-state index contributed by atoms with van der Waals surface area (Å²) in [5.74, 6) is 2.12. The molecule has 2 N–H and O–H groups in total. The summed E-state index contributed by atoms with van der Waals surface area (Å²) in [6.45, 7) is 0. The number of para-hydroxylation sites is 1. The van der Waals surface area contributed by atoms with Crippen LogP contribution in [0.1, 0.15) is 0 Å². The number of nitrogens with zero attached hydrogens (tertiary/aromatic N) is 2. The predicted molar refractivity (Wildman–Crippen MR) is 120 cm³/mol. The van der Waals surface area contributed by atoms with Crippen molar-refractivity contribution in [2.24, 2.45) is 0 Å². The molecule has 0 unspecified atom stereocenters. The quantitative estimate of drug-likeness (QED) is 0.373. The number of rotatable bonds is 5. The van der Waals surface area contributed by atoms with Crippen molar-refractivity contribution < 1.29 is 9.47 Å². The summed E-state index contributed by atoms with van der Waals surface area (Å²) in [7, 11) is 3.24. The van der Waals surface area contributed by atoms with E-state index in [1.807, 2.05) is 65.3 Å². The zero-order valence-corrected chi connectivity index (χ0v) is 17.2. The Balaban J connectivity index is 1.70. The van der Waals surface area contributed by atoms with E-state index >= 15 is 0 Å². The van der Waals surface area contributed by atoms with Gasteiger partial charge in [-0.15, -0.1) is 0 Å². The van der Waals surface area contributed by atoms with Crippen molar-refractivity contribution in [1.29, 1.82) is 0 Å². The van der Waals surface area contributed by atoms with Gasteiger partial charge in [0.1, 0.15) is 17.2 Å². The Labute approximate surface area is 178 Å². The van der Waals surface area contributed by atoms with Gasteiger partial charge in [0.2, 0.25) is 0 Å². The second-order valence-electron chi connectivity index (χ2n) is 6.83. The van der Waals surface area contributed by atoms with E-state index in [2.05, 4.69) is 16.4 Å². The molecule has 0 amide bonds. The first-order valence-electron chi connectivity index (χ1n) is 9.41. The van der Waals surface area contributed by atoms with Crippen molar-refractivity contribution in [3.63, 3.8) is 0 Å². The molecule has 5 aromatic rings. The third-order valence-corrected chi connectivity index (χ3v) is 5.30. The maximum Gasteiger partial charge on any atom is 0.162 e. The summed E-state index contributed by atoms with van der Waals surface area (Å²) < 4.78 is 12.8. The SMILES string of the molecule is COc1ccc(Nc2c(-c3c[nH]c4ccccc34)nc3ccc(Cl)cn23)cc1OC. The Morgan fingerprint density at radius 3 is 2.67 bits per heavy atom. The molecule has 0 saturated heterocycles. The molecule has 0 aliphatic rings. The molecule has 0 bridgehead atoms. The molecule has 0 atom stereocenters. The molecule has 0 saturated carbocycles. The molecule has 0 radical (unpaired) electrons. The molecule has 0 aliphatic heterocycles. The maximum absolute atomic E-state index is 6.29. The van der Waals surface area contributed by atoms with Crippen LogP contribution in [0.4, 0.5) is 11.5 Å². The van der Waals surface area contributed by atoms with Gasteiger partial charge in [-0.25, -0.2) is 4.98 Å². The van der Waals surface area contributed by atoms with Crippen molar-refractivity contribution in [3.05, 3.63) is 72.0 Å². The fourth-order valence-corrected chi connectivity index (χ4v) is 3.80. The van der Waals surface area contributed by atoms with Crippen molar-refractivity contribution in [2.45, 2.75) is 0 Å². The van der Waals surface area contributed by atoms with Crippen LogP contribution in [0.3, 0.4) is 0 Å². The highest BCUT2D eigenvalue weighted by Crippen LogP contribution is 2.37. The van der Waals surface area contributed by atoms with E-state index in [0.29, 0.717) is 16.5 Å². The number of methoxy groups -OCH3 is 2. The largest absolute Gasteiger partial charge is 0.493 e. The van der Waals surface area contributed by atoms with E-state index in [0.717, 1.165) is 39.3 Å². The molecule has 3 heterocycles. The first kappa shape index (κ1) is 18.4. The second kappa shape index (κ2) is 7.31. The Kier molecular flexibility index (Phi) is 4.48. The monoisotopic (exact) mass is 418 g/mol. The lowest BCUT2D eigenvalue weighted by atomic mass is 10.1. The molecule has 5 rings (SSSR count). The van der Waals surface area contributed by atoms with Crippen LogP contribution in [0.25, 0.3) is 27.8 Å². The van der Waals surface area contributed by atoms with Gasteiger partial charge in [0, 0.05) is 40.6 Å². The fraction of sp³-hybridized carbons (Fsp3) is 0.0870. The Morgan fingerprint density at radius 1 is 1.00 bits per heavy atom. The van der Waals surface area contributed by atoms with Crippen LogP contribution >= 0.6 is 11.6 Å². The maximum atomic E-state index is 6.29. The number of imidazole rings is 1. The smallest absolute Gasteiger partial charge is 0.162 e. The van der Waals surface area contributed by atoms with E-state index < -0.39 is 0 Å². The molecule has 0 aliphatic carbocycles. The van der Waals surface area contributed by atoms with Crippen LogP contribution in [-0.2, 0) is 0 Å². The van der Waals surface area contributed by atoms with Crippen LogP contribution < -0.4 is 14.8 Å². The topological polar surface area (TPSA) is 63.6 Å². The molecular weight excluding hydrogens is 400 g/mol. The van der Waals surface area contributed by atoms with Gasteiger partial charge >= 0.3 is 0 Å². The summed E-state index contributed by atoms with van der Waals surface area (Å²) in [6.07, 6.45) is 3.83. The highest BCUT2D eigenvalue weighted by atomic mass is 35.5. The summed E-state index contributed by atoms with van der Waals surface area (Å²) >= 11 is 6.29.